The molecule has 7 nitrogen and oxygen atoms in total. The molecule has 0 fully saturated rings. The topological polar surface area (TPSA) is 96.4 Å². The number of hydrogen-bond acceptors (Lipinski definition) is 6. The maximum absolute atomic E-state index is 12.9. The van der Waals surface area contributed by atoms with Crippen LogP contribution in [0.4, 0.5) is 10.8 Å². The summed E-state index contributed by atoms with van der Waals surface area (Å²) in [5.74, 6) is -1.14. The number of carbonyl (C=O) groups excluding carboxylic acids is 2. The Kier molecular flexibility index (Phi) is 3.82. The number of hydrogen-bond donors (Lipinski definition) is 1. The van der Waals surface area contributed by atoms with Gasteiger partial charge in [0.1, 0.15) is 4.90 Å². The van der Waals surface area contributed by atoms with Crippen molar-refractivity contribution in [1.29, 1.82) is 0 Å². The van der Waals surface area contributed by atoms with E-state index >= 15 is 0 Å². The molecule has 2 heterocycles. The molecule has 2 amide bonds. The highest BCUT2D eigenvalue weighted by atomic mass is 32.2. The molecule has 0 radical (unpaired) electrons. The summed E-state index contributed by atoms with van der Waals surface area (Å²) in [7, 11) is -4.08. The summed E-state index contributed by atoms with van der Waals surface area (Å²) in [5.41, 5.74) is 0.423. The van der Waals surface area contributed by atoms with E-state index in [0.29, 0.717) is 5.13 Å². The van der Waals surface area contributed by atoms with E-state index in [9.17, 15) is 18.0 Å². The number of benzene rings is 2. The average molecular weight is 385 g/mol. The summed E-state index contributed by atoms with van der Waals surface area (Å²) in [4.78, 5) is 28.7. The molecule has 0 atom stereocenters. The molecule has 0 spiro atoms. The highest BCUT2D eigenvalue weighted by molar-refractivity contribution is 7.94. The van der Waals surface area contributed by atoms with E-state index < -0.39 is 21.8 Å². The SMILES string of the molecule is O=C(Nc1nccs1)c1ccc2c(c1)S(=O)(=O)N(c1ccccc1)C2=O. The highest BCUT2D eigenvalue weighted by Crippen LogP contribution is 2.35. The van der Waals surface area contributed by atoms with Gasteiger partial charge in [-0.3, -0.25) is 14.9 Å². The number of thiazole rings is 1. The maximum Gasteiger partial charge on any atom is 0.273 e. The van der Waals surface area contributed by atoms with Crippen molar-refractivity contribution in [3.05, 3.63) is 71.2 Å². The van der Waals surface area contributed by atoms with Crippen LogP contribution in [0.15, 0.2) is 65.0 Å². The van der Waals surface area contributed by atoms with E-state index in [2.05, 4.69) is 10.3 Å². The van der Waals surface area contributed by atoms with Gasteiger partial charge in [0, 0.05) is 17.1 Å². The summed E-state index contributed by atoms with van der Waals surface area (Å²) >= 11 is 1.25. The smallest absolute Gasteiger partial charge is 0.273 e. The first-order valence-electron chi connectivity index (χ1n) is 7.48. The Morgan fingerprint density at radius 3 is 2.58 bits per heavy atom. The fourth-order valence-corrected chi connectivity index (χ4v) is 4.79. The third-order valence-corrected chi connectivity index (χ3v) is 6.26. The van der Waals surface area contributed by atoms with Crippen molar-refractivity contribution in [2.24, 2.45) is 0 Å². The molecule has 1 aliphatic heterocycles. The number of sulfonamides is 1. The minimum atomic E-state index is -4.08. The predicted molar refractivity (Wildman–Crippen MR) is 96.9 cm³/mol. The number of carbonyl (C=O) groups is 2. The first-order chi connectivity index (χ1) is 12.5. The third-order valence-electron chi connectivity index (χ3n) is 3.82. The van der Waals surface area contributed by atoms with E-state index in [0.717, 1.165) is 4.31 Å². The molecular formula is C17H11N3O4S2. The number of amides is 2. The van der Waals surface area contributed by atoms with Crippen molar-refractivity contribution in [1.82, 2.24) is 4.98 Å². The minimum absolute atomic E-state index is 0.0413. The Morgan fingerprint density at radius 2 is 1.88 bits per heavy atom. The first kappa shape index (κ1) is 16.4. The van der Waals surface area contributed by atoms with Crippen LogP contribution in [0, 0.1) is 0 Å². The summed E-state index contributed by atoms with van der Waals surface area (Å²) in [6.07, 6.45) is 1.55. The predicted octanol–water partition coefficient (Wildman–Crippen LogP) is 2.74. The Bertz CT molecular complexity index is 1110. The third kappa shape index (κ3) is 2.57. The molecule has 1 N–H and O–H groups in total. The molecule has 26 heavy (non-hydrogen) atoms. The Morgan fingerprint density at radius 1 is 1.12 bits per heavy atom. The van der Waals surface area contributed by atoms with E-state index in [4.69, 9.17) is 0 Å². The van der Waals surface area contributed by atoms with Gasteiger partial charge in [-0.1, -0.05) is 18.2 Å². The molecule has 9 heteroatoms. The number of aromatic nitrogens is 1. The quantitative estimate of drug-likeness (QED) is 0.748. The van der Waals surface area contributed by atoms with Crippen molar-refractivity contribution in [2.45, 2.75) is 4.90 Å². The first-order valence-corrected chi connectivity index (χ1v) is 9.80. The molecule has 0 bridgehead atoms. The highest BCUT2D eigenvalue weighted by Gasteiger charge is 2.42. The molecular weight excluding hydrogens is 374 g/mol. The number of anilines is 2. The van der Waals surface area contributed by atoms with Crippen LogP contribution >= 0.6 is 11.3 Å². The fraction of sp³-hybridized carbons (Fsp3) is 0. The Hall–Kier alpha value is -3.04. The fourth-order valence-electron chi connectivity index (χ4n) is 2.64. The second kappa shape index (κ2) is 6.04. The number of fused-ring (bicyclic) bond motifs is 1. The Labute approximate surface area is 153 Å². The lowest BCUT2D eigenvalue weighted by atomic mass is 10.1. The number of nitrogens with zero attached hydrogens (tertiary/aromatic N) is 2. The van der Waals surface area contributed by atoms with Gasteiger partial charge in [0.25, 0.3) is 21.8 Å². The second-order valence-electron chi connectivity index (χ2n) is 5.41. The van der Waals surface area contributed by atoms with Gasteiger partial charge in [-0.05, 0) is 30.3 Å². The average Bonchev–Trinajstić information content (AvgIpc) is 3.21. The van der Waals surface area contributed by atoms with Gasteiger partial charge in [-0.15, -0.1) is 11.3 Å². The van der Waals surface area contributed by atoms with Crippen LogP contribution in [0.3, 0.4) is 0 Å². The second-order valence-corrected chi connectivity index (χ2v) is 8.06. The van der Waals surface area contributed by atoms with Crippen LogP contribution in [0.1, 0.15) is 20.7 Å². The summed E-state index contributed by atoms with van der Waals surface area (Å²) in [6.45, 7) is 0. The molecule has 0 saturated heterocycles. The van der Waals surface area contributed by atoms with Crippen molar-refractivity contribution in [2.75, 3.05) is 9.62 Å². The molecule has 0 saturated carbocycles. The lowest BCUT2D eigenvalue weighted by molar-refractivity contribution is 0.100. The van der Waals surface area contributed by atoms with Gasteiger partial charge in [0.05, 0.1) is 11.3 Å². The van der Waals surface area contributed by atoms with Gasteiger partial charge < -0.3 is 0 Å². The van der Waals surface area contributed by atoms with Gasteiger partial charge in [-0.2, -0.15) is 4.31 Å². The zero-order valence-electron chi connectivity index (χ0n) is 13.1. The van der Waals surface area contributed by atoms with E-state index in [1.807, 2.05) is 0 Å². The van der Waals surface area contributed by atoms with Crippen molar-refractivity contribution < 1.29 is 18.0 Å². The number of nitrogens with one attached hydrogen (secondary N) is 1. The standard InChI is InChI=1S/C17H11N3O4S2/c21-15(19-17-18-8-9-25-17)11-6-7-13-14(10-11)26(23,24)20(16(13)22)12-4-2-1-3-5-12/h1-10H,(H,18,19,21). The van der Waals surface area contributed by atoms with Gasteiger partial charge in [0.2, 0.25) is 0 Å². The van der Waals surface area contributed by atoms with Crippen molar-refractivity contribution in [3.8, 4) is 0 Å². The molecule has 1 aromatic heterocycles. The van der Waals surface area contributed by atoms with Gasteiger partial charge in [0.15, 0.2) is 5.13 Å². The number of rotatable bonds is 3. The zero-order chi connectivity index (χ0) is 18.3. The summed E-state index contributed by atoms with van der Waals surface area (Å²) in [5, 5.41) is 4.70. The molecule has 0 unspecified atom stereocenters. The normalized spacial score (nSPS) is 14.9. The largest absolute Gasteiger partial charge is 0.298 e. The molecule has 0 aliphatic carbocycles. The molecule has 3 aromatic rings. The van der Waals surface area contributed by atoms with Gasteiger partial charge in [-0.25, -0.2) is 13.4 Å². The lowest BCUT2D eigenvalue weighted by Gasteiger charge is -2.14. The van der Waals surface area contributed by atoms with Crippen molar-refractivity contribution >= 4 is 44.0 Å². The van der Waals surface area contributed by atoms with E-state index in [1.54, 1.807) is 29.8 Å². The molecule has 2 aromatic carbocycles. The van der Waals surface area contributed by atoms with Crippen LogP contribution in [-0.4, -0.2) is 25.2 Å². The summed E-state index contributed by atoms with van der Waals surface area (Å²) < 4.78 is 26.5. The van der Waals surface area contributed by atoms with Crippen LogP contribution in [0.2, 0.25) is 0 Å². The van der Waals surface area contributed by atoms with Gasteiger partial charge >= 0.3 is 0 Å². The Balaban J connectivity index is 1.74. The van der Waals surface area contributed by atoms with Crippen molar-refractivity contribution in [3.63, 3.8) is 0 Å². The summed E-state index contributed by atoms with van der Waals surface area (Å²) in [6, 6.07) is 12.1. The molecule has 1 aliphatic rings. The van der Waals surface area contributed by atoms with E-state index in [1.165, 1.54) is 41.7 Å². The van der Waals surface area contributed by atoms with Crippen LogP contribution in [-0.2, 0) is 10.0 Å². The monoisotopic (exact) mass is 385 g/mol. The van der Waals surface area contributed by atoms with E-state index in [-0.39, 0.29) is 21.7 Å². The van der Waals surface area contributed by atoms with Crippen LogP contribution in [0.5, 0.6) is 0 Å². The van der Waals surface area contributed by atoms with Crippen LogP contribution in [0.25, 0.3) is 0 Å². The maximum atomic E-state index is 12.9. The molecule has 130 valence electrons. The van der Waals surface area contributed by atoms with Crippen LogP contribution < -0.4 is 9.62 Å². The zero-order valence-corrected chi connectivity index (χ0v) is 14.8. The minimum Gasteiger partial charge on any atom is -0.298 e. The number of para-hydroxylation sites is 1. The lowest BCUT2D eigenvalue weighted by Crippen LogP contribution is -2.29. The molecule has 4 rings (SSSR count).